The molecule has 0 aliphatic rings. The van der Waals surface area contributed by atoms with E-state index in [1.54, 1.807) is 11.3 Å². The SMILES string of the molecule is Cc1csc(C=CCCl)c1. The molecule has 0 fully saturated rings. The first-order chi connectivity index (χ1) is 4.83. The molecule has 0 unspecified atom stereocenters. The van der Waals surface area contributed by atoms with Gasteiger partial charge in [-0.3, -0.25) is 0 Å². The number of aryl methyl sites for hydroxylation is 1. The van der Waals surface area contributed by atoms with E-state index < -0.39 is 0 Å². The Morgan fingerprint density at radius 2 is 2.50 bits per heavy atom. The van der Waals surface area contributed by atoms with Crippen LogP contribution in [0, 0.1) is 6.92 Å². The van der Waals surface area contributed by atoms with Crippen molar-refractivity contribution in [3.63, 3.8) is 0 Å². The lowest BCUT2D eigenvalue weighted by Crippen LogP contribution is -1.60. The summed E-state index contributed by atoms with van der Waals surface area (Å²) in [6, 6.07) is 2.15. The van der Waals surface area contributed by atoms with Crippen molar-refractivity contribution in [3.8, 4) is 0 Å². The van der Waals surface area contributed by atoms with Crippen molar-refractivity contribution in [1.82, 2.24) is 0 Å². The van der Waals surface area contributed by atoms with E-state index in [-0.39, 0.29) is 0 Å². The van der Waals surface area contributed by atoms with Gasteiger partial charge in [0.2, 0.25) is 0 Å². The van der Waals surface area contributed by atoms with E-state index >= 15 is 0 Å². The highest BCUT2D eigenvalue weighted by atomic mass is 35.5. The number of hydrogen-bond acceptors (Lipinski definition) is 1. The normalized spacial score (nSPS) is 11.0. The molecule has 0 radical (unpaired) electrons. The molecule has 0 aromatic carbocycles. The lowest BCUT2D eigenvalue weighted by atomic mass is 10.3. The average Bonchev–Trinajstić information content (AvgIpc) is 2.31. The Hall–Kier alpha value is -0.270. The molecule has 0 spiro atoms. The molecular formula is C8H9ClS. The van der Waals surface area contributed by atoms with E-state index in [9.17, 15) is 0 Å². The highest BCUT2D eigenvalue weighted by molar-refractivity contribution is 7.11. The monoisotopic (exact) mass is 172 g/mol. The number of alkyl halides is 1. The van der Waals surface area contributed by atoms with Gasteiger partial charge in [-0.2, -0.15) is 0 Å². The zero-order chi connectivity index (χ0) is 7.40. The minimum atomic E-state index is 0.594. The van der Waals surface area contributed by atoms with Crippen molar-refractivity contribution in [2.45, 2.75) is 6.92 Å². The second-order valence-corrected chi connectivity index (χ2v) is 3.33. The van der Waals surface area contributed by atoms with Crippen LogP contribution < -0.4 is 0 Å². The number of allylic oxidation sites excluding steroid dienone is 1. The summed E-state index contributed by atoms with van der Waals surface area (Å²) in [5.41, 5.74) is 1.32. The zero-order valence-corrected chi connectivity index (χ0v) is 7.38. The van der Waals surface area contributed by atoms with Crippen LogP contribution >= 0.6 is 22.9 Å². The molecule has 0 amide bonds. The van der Waals surface area contributed by atoms with Gasteiger partial charge < -0.3 is 0 Å². The van der Waals surface area contributed by atoms with E-state index in [0.717, 1.165) is 0 Å². The number of hydrogen-bond donors (Lipinski definition) is 0. The van der Waals surface area contributed by atoms with Gasteiger partial charge >= 0.3 is 0 Å². The van der Waals surface area contributed by atoms with Gasteiger partial charge in [0.05, 0.1) is 0 Å². The lowest BCUT2D eigenvalue weighted by Gasteiger charge is -1.79. The summed E-state index contributed by atoms with van der Waals surface area (Å²) >= 11 is 7.22. The third-order valence-electron chi connectivity index (χ3n) is 1.12. The molecule has 1 aromatic heterocycles. The molecule has 1 rings (SSSR count). The summed E-state index contributed by atoms with van der Waals surface area (Å²) in [4.78, 5) is 1.28. The number of rotatable bonds is 2. The summed E-state index contributed by atoms with van der Waals surface area (Å²) in [5, 5.41) is 2.13. The average molecular weight is 173 g/mol. The van der Waals surface area contributed by atoms with E-state index in [4.69, 9.17) is 11.6 Å². The van der Waals surface area contributed by atoms with Crippen molar-refractivity contribution in [1.29, 1.82) is 0 Å². The van der Waals surface area contributed by atoms with Crippen LogP contribution in [0.1, 0.15) is 10.4 Å². The molecule has 2 heteroatoms. The largest absolute Gasteiger partial charge is 0.144 e. The maximum atomic E-state index is 5.48. The third kappa shape index (κ3) is 2.16. The topological polar surface area (TPSA) is 0 Å². The Morgan fingerprint density at radius 1 is 1.70 bits per heavy atom. The molecule has 0 saturated heterocycles. The summed E-state index contributed by atoms with van der Waals surface area (Å²) in [5.74, 6) is 0.594. The fourth-order valence-electron chi connectivity index (χ4n) is 0.702. The first kappa shape index (κ1) is 7.83. The van der Waals surface area contributed by atoms with Crippen molar-refractivity contribution in [2.24, 2.45) is 0 Å². The predicted octanol–water partition coefficient (Wildman–Crippen LogP) is 3.31. The molecule has 1 heterocycles. The van der Waals surface area contributed by atoms with Crippen molar-refractivity contribution >= 4 is 29.0 Å². The molecule has 0 atom stereocenters. The van der Waals surface area contributed by atoms with Gasteiger partial charge in [-0.25, -0.2) is 0 Å². The minimum Gasteiger partial charge on any atom is -0.144 e. The Bertz CT molecular complexity index is 225. The maximum absolute atomic E-state index is 5.48. The van der Waals surface area contributed by atoms with Crippen LogP contribution in [0.25, 0.3) is 6.08 Å². The van der Waals surface area contributed by atoms with Gasteiger partial charge in [-0.1, -0.05) is 6.08 Å². The van der Waals surface area contributed by atoms with Crippen molar-refractivity contribution < 1.29 is 0 Å². The highest BCUT2D eigenvalue weighted by Crippen LogP contribution is 2.14. The second-order valence-electron chi connectivity index (χ2n) is 2.08. The maximum Gasteiger partial charge on any atom is 0.0407 e. The standard InChI is InChI=1S/C8H9ClS/c1-7-5-8(10-6-7)3-2-4-9/h2-3,5-6H,4H2,1H3. The van der Waals surface area contributed by atoms with E-state index in [0.29, 0.717) is 5.88 Å². The van der Waals surface area contributed by atoms with Crippen molar-refractivity contribution in [2.75, 3.05) is 5.88 Å². The molecule has 0 saturated carbocycles. The number of thiophene rings is 1. The summed E-state index contributed by atoms with van der Waals surface area (Å²) in [6.45, 7) is 2.09. The van der Waals surface area contributed by atoms with Crippen LogP contribution in [0.3, 0.4) is 0 Å². The molecule has 0 nitrogen and oxygen atoms in total. The van der Waals surface area contributed by atoms with Crippen LogP contribution in [-0.2, 0) is 0 Å². The highest BCUT2D eigenvalue weighted by Gasteiger charge is 1.88. The van der Waals surface area contributed by atoms with Crippen molar-refractivity contribution in [3.05, 3.63) is 28.0 Å². The van der Waals surface area contributed by atoms with Gasteiger partial charge in [0.15, 0.2) is 0 Å². The first-order valence-electron chi connectivity index (χ1n) is 3.10. The molecule has 1 aromatic rings. The zero-order valence-electron chi connectivity index (χ0n) is 5.80. The minimum absolute atomic E-state index is 0.594. The van der Waals surface area contributed by atoms with Crippen LogP contribution in [0.4, 0.5) is 0 Å². The fourth-order valence-corrected chi connectivity index (χ4v) is 1.61. The van der Waals surface area contributed by atoms with Crippen LogP contribution in [0.5, 0.6) is 0 Å². The van der Waals surface area contributed by atoms with Gasteiger partial charge in [0.1, 0.15) is 0 Å². The Morgan fingerprint density at radius 3 is 3.00 bits per heavy atom. The lowest BCUT2D eigenvalue weighted by molar-refractivity contribution is 1.55. The summed E-state index contributed by atoms with van der Waals surface area (Å²) < 4.78 is 0. The smallest absolute Gasteiger partial charge is 0.0407 e. The molecule has 0 N–H and O–H groups in total. The van der Waals surface area contributed by atoms with Gasteiger partial charge in [0, 0.05) is 10.8 Å². The number of halogens is 1. The van der Waals surface area contributed by atoms with Crippen LogP contribution in [0.15, 0.2) is 17.5 Å². The summed E-state index contributed by atoms with van der Waals surface area (Å²) in [7, 11) is 0. The third-order valence-corrected chi connectivity index (χ3v) is 2.32. The van der Waals surface area contributed by atoms with Gasteiger partial charge in [-0.05, 0) is 30.0 Å². The van der Waals surface area contributed by atoms with Gasteiger partial charge in [0.25, 0.3) is 0 Å². The predicted molar refractivity (Wildman–Crippen MR) is 48.8 cm³/mol. The van der Waals surface area contributed by atoms with Crippen LogP contribution in [0.2, 0.25) is 0 Å². The van der Waals surface area contributed by atoms with E-state index in [2.05, 4.69) is 18.4 Å². The Kier molecular flexibility index (Phi) is 2.97. The quantitative estimate of drug-likeness (QED) is 0.601. The Balaban J connectivity index is 2.67. The Labute approximate surface area is 70.1 Å². The molecular weight excluding hydrogens is 164 g/mol. The molecule has 54 valence electrons. The second kappa shape index (κ2) is 3.79. The molecule has 0 aliphatic carbocycles. The van der Waals surface area contributed by atoms with E-state index in [1.165, 1.54) is 10.4 Å². The first-order valence-corrected chi connectivity index (χ1v) is 4.52. The molecule has 0 aliphatic heterocycles. The summed E-state index contributed by atoms with van der Waals surface area (Å²) in [6.07, 6.45) is 4.00. The van der Waals surface area contributed by atoms with E-state index in [1.807, 2.05) is 12.2 Å². The molecule has 0 bridgehead atoms. The van der Waals surface area contributed by atoms with Crippen LogP contribution in [-0.4, -0.2) is 5.88 Å². The molecule has 10 heavy (non-hydrogen) atoms. The van der Waals surface area contributed by atoms with Gasteiger partial charge in [-0.15, -0.1) is 22.9 Å². The fraction of sp³-hybridized carbons (Fsp3) is 0.250.